The molecule has 0 fully saturated rings. The van der Waals surface area contributed by atoms with Crippen molar-refractivity contribution in [3.05, 3.63) is 79.0 Å². The van der Waals surface area contributed by atoms with Gasteiger partial charge in [0.1, 0.15) is 5.75 Å². The first-order chi connectivity index (χ1) is 15.9. The third kappa shape index (κ3) is 4.07. The minimum atomic E-state index is -1.29. The van der Waals surface area contributed by atoms with Crippen molar-refractivity contribution < 1.29 is 14.6 Å². The summed E-state index contributed by atoms with van der Waals surface area (Å²) in [6.07, 6.45) is 3.02. The first-order valence-electron chi connectivity index (χ1n) is 11.1. The Labute approximate surface area is 197 Å². The number of fused-ring (bicyclic) bond motifs is 3. The molecular weight excluding hydrogens is 432 g/mol. The van der Waals surface area contributed by atoms with E-state index in [2.05, 4.69) is 70.3 Å². The molecule has 0 amide bonds. The third-order valence-corrected chi connectivity index (χ3v) is 7.10. The van der Waals surface area contributed by atoms with Gasteiger partial charge in [-0.2, -0.15) is 0 Å². The number of nitrogens with zero attached hydrogens (tertiary/aromatic N) is 2. The van der Waals surface area contributed by atoms with Gasteiger partial charge < -0.3 is 19.3 Å². The molecule has 33 heavy (non-hydrogen) atoms. The molecule has 0 spiro atoms. The van der Waals surface area contributed by atoms with Crippen molar-refractivity contribution in [2.75, 3.05) is 11.4 Å². The predicted octanol–water partition coefficient (Wildman–Crippen LogP) is 6.58. The number of anilines is 2. The highest BCUT2D eigenvalue weighted by Gasteiger charge is 2.30. The Hall–Kier alpha value is -3.38. The van der Waals surface area contributed by atoms with Gasteiger partial charge in [-0.3, -0.25) is 0 Å². The summed E-state index contributed by atoms with van der Waals surface area (Å²) in [5.41, 5.74) is 2.27. The second kappa shape index (κ2) is 8.52. The van der Waals surface area contributed by atoms with Crippen LogP contribution in [0.3, 0.4) is 0 Å². The zero-order valence-electron chi connectivity index (χ0n) is 18.7. The van der Waals surface area contributed by atoms with E-state index in [1.807, 2.05) is 30.0 Å². The number of rotatable bonds is 7. The van der Waals surface area contributed by atoms with Gasteiger partial charge in [-0.15, -0.1) is 0 Å². The highest BCUT2D eigenvalue weighted by atomic mass is 32.2. The summed E-state index contributed by atoms with van der Waals surface area (Å²) in [6.45, 7) is 4.88. The molecule has 1 aliphatic heterocycles. The van der Waals surface area contributed by atoms with Crippen molar-refractivity contribution in [1.29, 1.82) is 0 Å². The molecule has 4 aromatic rings. The van der Waals surface area contributed by atoms with E-state index >= 15 is 0 Å². The highest BCUT2D eigenvalue weighted by molar-refractivity contribution is 7.99. The van der Waals surface area contributed by atoms with Crippen molar-refractivity contribution in [1.82, 2.24) is 4.57 Å². The number of aryl methyl sites for hydroxylation is 1. The fourth-order valence-electron chi connectivity index (χ4n) is 4.22. The molecule has 0 radical (unpaired) electrons. The smallest absolute Gasteiger partial charge is 0.347 e. The zero-order valence-corrected chi connectivity index (χ0v) is 19.5. The number of para-hydroxylation sites is 2. The molecule has 0 aliphatic carbocycles. The molecule has 2 heterocycles. The molecule has 1 aromatic heterocycles. The fourth-order valence-corrected chi connectivity index (χ4v) is 5.31. The number of benzene rings is 3. The molecule has 1 N–H and O–H groups in total. The fraction of sp³-hybridized carbons (Fsp3) is 0.222. The van der Waals surface area contributed by atoms with Crippen LogP contribution in [-0.4, -0.2) is 27.8 Å². The Bertz CT molecular complexity index is 1280. The SMILES string of the molecule is CC(C)(Oc1cccc2c1ccn2CCCN1c2ccccc2Sc2ccccc21)C(=O)O. The second-order valence-corrected chi connectivity index (χ2v) is 9.74. The number of aliphatic carboxylic acids is 1. The van der Waals surface area contributed by atoms with Crippen LogP contribution in [0, 0.1) is 0 Å². The number of hydrogen-bond donors (Lipinski definition) is 1. The van der Waals surface area contributed by atoms with Crippen LogP contribution in [-0.2, 0) is 11.3 Å². The van der Waals surface area contributed by atoms with Gasteiger partial charge in [0.2, 0.25) is 0 Å². The Kier molecular flexibility index (Phi) is 5.54. The summed E-state index contributed by atoms with van der Waals surface area (Å²) >= 11 is 1.82. The van der Waals surface area contributed by atoms with E-state index < -0.39 is 11.6 Å². The highest BCUT2D eigenvalue weighted by Crippen LogP contribution is 2.47. The van der Waals surface area contributed by atoms with Crippen molar-refractivity contribution >= 4 is 40.0 Å². The maximum absolute atomic E-state index is 11.5. The van der Waals surface area contributed by atoms with Gasteiger partial charge >= 0.3 is 5.97 Å². The summed E-state index contributed by atoms with van der Waals surface area (Å²) in [7, 11) is 0. The summed E-state index contributed by atoms with van der Waals surface area (Å²) in [4.78, 5) is 16.5. The Morgan fingerprint density at radius 1 is 0.909 bits per heavy atom. The van der Waals surface area contributed by atoms with E-state index in [1.165, 1.54) is 21.2 Å². The van der Waals surface area contributed by atoms with E-state index in [0.717, 1.165) is 30.4 Å². The first-order valence-corrected chi connectivity index (χ1v) is 11.9. The average Bonchev–Trinajstić information content (AvgIpc) is 3.22. The van der Waals surface area contributed by atoms with Crippen LogP contribution >= 0.6 is 11.8 Å². The lowest BCUT2D eigenvalue weighted by Crippen LogP contribution is -2.37. The van der Waals surface area contributed by atoms with Crippen LogP contribution in [0.25, 0.3) is 10.9 Å². The number of ether oxygens (including phenoxy) is 1. The lowest BCUT2D eigenvalue weighted by atomic mass is 10.1. The molecule has 0 unspecified atom stereocenters. The van der Waals surface area contributed by atoms with Crippen LogP contribution in [0.5, 0.6) is 5.75 Å². The lowest BCUT2D eigenvalue weighted by molar-refractivity contribution is -0.152. The molecule has 3 aromatic carbocycles. The van der Waals surface area contributed by atoms with Crippen molar-refractivity contribution in [3.63, 3.8) is 0 Å². The van der Waals surface area contributed by atoms with E-state index in [-0.39, 0.29) is 0 Å². The first kappa shape index (κ1) is 21.5. The number of carboxylic acids is 1. The van der Waals surface area contributed by atoms with Crippen LogP contribution in [0.1, 0.15) is 20.3 Å². The van der Waals surface area contributed by atoms with E-state index in [9.17, 15) is 9.90 Å². The molecule has 0 atom stereocenters. The Balaban J connectivity index is 1.36. The maximum atomic E-state index is 11.5. The largest absolute Gasteiger partial charge is 0.478 e. The van der Waals surface area contributed by atoms with Gasteiger partial charge in [0.05, 0.1) is 16.9 Å². The minimum Gasteiger partial charge on any atom is -0.478 e. The molecule has 5 nitrogen and oxygen atoms in total. The van der Waals surface area contributed by atoms with Crippen LogP contribution < -0.4 is 9.64 Å². The number of carboxylic acid groups (broad SMARTS) is 1. The molecule has 1 aliphatic rings. The van der Waals surface area contributed by atoms with Gasteiger partial charge in [0.15, 0.2) is 5.60 Å². The van der Waals surface area contributed by atoms with Crippen molar-refractivity contribution in [2.24, 2.45) is 0 Å². The number of aromatic nitrogens is 1. The quantitative estimate of drug-likeness (QED) is 0.339. The Morgan fingerprint density at radius 2 is 1.58 bits per heavy atom. The molecular formula is C27H26N2O3S. The molecule has 6 heteroatoms. The third-order valence-electron chi connectivity index (χ3n) is 5.97. The van der Waals surface area contributed by atoms with E-state index in [1.54, 1.807) is 13.8 Å². The number of hydrogen-bond acceptors (Lipinski definition) is 4. The second-order valence-electron chi connectivity index (χ2n) is 8.66. The van der Waals surface area contributed by atoms with Crippen molar-refractivity contribution in [3.8, 4) is 5.75 Å². The maximum Gasteiger partial charge on any atom is 0.347 e. The Morgan fingerprint density at radius 3 is 2.24 bits per heavy atom. The van der Waals surface area contributed by atoms with Gasteiger partial charge in [0, 0.05) is 34.5 Å². The minimum absolute atomic E-state index is 0.592. The van der Waals surface area contributed by atoms with Crippen LogP contribution in [0.2, 0.25) is 0 Å². The van der Waals surface area contributed by atoms with Crippen LogP contribution in [0.15, 0.2) is 88.8 Å². The normalized spacial score (nSPS) is 13.0. The monoisotopic (exact) mass is 458 g/mol. The molecule has 168 valence electrons. The van der Waals surface area contributed by atoms with E-state index in [0.29, 0.717) is 5.75 Å². The van der Waals surface area contributed by atoms with Crippen LogP contribution in [0.4, 0.5) is 11.4 Å². The summed E-state index contributed by atoms with van der Waals surface area (Å²) in [5.74, 6) is -0.395. The van der Waals surface area contributed by atoms with Gasteiger partial charge in [-0.25, -0.2) is 4.79 Å². The van der Waals surface area contributed by atoms with Crippen molar-refractivity contribution in [2.45, 2.75) is 42.2 Å². The topological polar surface area (TPSA) is 54.7 Å². The summed E-state index contributed by atoms with van der Waals surface area (Å²) in [6, 6.07) is 24.9. The summed E-state index contributed by atoms with van der Waals surface area (Å²) in [5, 5.41) is 10.4. The zero-order chi connectivity index (χ0) is 23.0. The standard InChI is InChI=1S/C27H26N2O3S/c1-27(2,26(30)31)32-23-12-7-11-20-19(23)15-18-28(20)16-8-17-29-21-9-3-5-13-24(21)33-25-14-6-4-10-22(25)29/h3-7,9-15,18H,8,16-17H2,1-2H3,(H,30,31). The lowest BCUT2D eigenvalue weighted by Gasteiger charge is -2.32. The van der Waals surface area contributed by atoms with Gasteiger partial charge in [-0.05, 0) is 62.7 Å². The predicted molar refractivity (Wildman–Crippen MR) is 133 cm³/mol. The molecule has 0 saturated heterocycles. The number of carbonyl (C=O) groups is 1. The molecule has 0 saturated carbocycles. The van der Waals surface area contributed by atoms with Gasteiger partial charge in [0.25, 0.3) is 0 Å². The average molecular weight is 459 g/mol. The molecule has 5 rings (SSSR count). The van der Waals surface area contributed by atoms with Gasteiger partial charge in [-0.1, -0.05) is 42.1 Å². The van der Waals surface area contributed by atoms with E-state index in [4.69, 9.17) is 4.74 Å². The summed E-state index contributed by atoms with van der Waals surface area (Å²) < 4.78 is 8.06. The molecule has 0 bridgehead atoms.